The van der Waals surface area contributed by atoms with Gasteiger partial charge in [0.15, 0.2) is 4.80 Å². The normalized spacial score (nSPS) is 18.2. The van der Waals surface area contributed by atoms with E-state index in [4.69, 9.17) is 16.3 Å². The van der Waals surface area contributed by atoms with E-state index in [1.165, 1.54) is 27.8 Å². The Kier molecular flexibility index (Phi) is 6.71. The molecule has 2 heterocycles. The first-order valence-electron chi connectivity index (χ1n) is 10.4. The number of hydrogen-bond acceptors (Lipinski definition) is 5. The second kappa shape index (κ2) is 9.35. The number of benzene rings is 2. The van der Waals surface area contributed by atoms with E-state index in [-0.39, 0.29) is 17.3 Å². The van der Waals surface area contributed by atoms with Crippen LogP contribution in [-0.2, 0) is 21.9 Å². The standard InChI is InChI=1S/C22H24ClN3O4S2/c1-3-30-17-8-11-19-20(13-17)31-22(25(19)2)24-21(27)15-5-4-12-26(14-15)32(28,29)18-9-6-16(23)7-10-18/h6-11,13,15H,3-5,12,14H2,1-2H3. The molecule has 0 spiro atoms. The number of rotatable bonds is 5. The van der Waals surface area contributed by atoms with Gasteiger partial charge in [0, 0.05) is 25.2 Å². The number of aryl methyl sites for hydroxylation is 1. The second-order valence-electron chi connectivity index (χ2n) is 7.61. The highest BCUT2D eigenvalue weighted by molar-refractivity contribution is 7.89. The van der Waals surface area contributed by atoms with Crippen LogP contribution in [0.2, 0.25) is 5.02 Å². The summed E-state index contributed by atoms with van der Waals surface area (Å²) in [6.07, 6.45) is 1.22. The van der Waals surface area contributed by atoms with Crippen LogP contribution in [0.3, 0.4) is 0 Å². The SMILES string of the molecule is CCOc1ccc2c(c1)sc(=NC(=O)C1CCCN(S(=O)(=O)c3ccc(Cl)cc3)C1)n2C. The molecule has 1 saturated heterocycles. The number of hydrogen-bond donors (Lipinski definition) is 0. The maximum absolute atomic E-state index is 13.0. The van der Waals surface area contributed by atoms with Gasteiger partial charge >= 0.3 is 0 Å². The molecule has 2 aromatic carbocycles. The molecule has 1 atom stereocenters. The van der Waals surface area contributed by atoms with Gasteiger partial charge in [-0.25, -0.2) is 8.42 Å². The number of halogens is 1. The Morgan fingerprint density at radius 2 is 2.00 bits per heavy atom. The fraction of sp³-hybridized carbons (Fsp3) is 0.364. The van der Waals surface area contributed by atoms with Crippen molar-refractivity contribution in [3.05, 3.63) is 52.3 Å². The molecule has 0 saturated carbocycles. The molecule has 10 heteroatoms. The quantitative estimate of drug-likeness (QED) is 0.541. The molecule has 1 aliphatic heterocycles. The lowest BCUT2D eigenvalue weighted by molar-refractivity contribution is -0.122. The molecule has 3 aromatic rings. The van der Waals surface area contributed by atoms with Crippen molar-refractivity contribution < 1.29 is 17.9 Å². The zero-order valence-electron chi connectivity index (χ0n) is 17.8. The van der Waals surface area contributed by atoms with Crippen LogP contribution in [0, 0.1) is 5.92 Å². The number of carbonyl (C=O) groups is 1. The van der Waals surface area contributed by atoms with Crippen molar-refractivity contribution in [3.63, 3.8) is 0 Å². The number of amides is 1. The first kappa shape index (κ1) is 23.0. The van der Waals surface area contributed by atoms with Crippen LogP contribution in [0.15, 0.2) is 52.4 Å². The molecule has 1 amide bonds. The smallest absolute Gasteiger partial charge is 0.252 e. The summed E-state index contributed by atoms with van der Waals surface area (Å²) in [4.78, 5) is 18.1. The molecule has 1 aliphatic rings. The predicted octanol–water partition coefficient (Wildman–Crippen LogP) is 3.82. The van der Waals surface area contributed by atoms with Crippen molar-refractivity contribution in [2.45, 2.75) is 24.7 Å². The third-order valence-corrected chi connectivity index (χ3v) is 8.71. The van der Waals surface area contributed by atoms with E-state index < -0.39 is 15.9 Å². The number of ether oxygens (including phenoxy) is 1. The van der Waals surface area contributed by atoms with Crippen molar-refractivity contribution >= 4 is 49.1 Å². The summed E-state index contributed by atoms with van der Waals surface area (Å²) < 4.78 is 35.8. The lowest BCUT2D eigenvalue weighted by Crippen LogP contribution is -2.42. The van der Waals surface area contributed by atoms with Gasteiger partial charge in [-0.2, -0.15) is 9.30 Å². The molecular weight excluding hydrogens is 470 g/mol. The highest BCUT2D eigenvalue weighted by Crippen LogP contribution is 2.26. The predicted molar refractivity (Wildman–Crippen MR) is 125 cm³/mol. The van der Waals surface area contributed by atoms with Gasteiger partial charge in [0.25, 0.3) is 5.91 Å². The molecular formula is C22H24ClN3O4S2. The topological polar surface area (TPSA) is 81.0 Å². The van der Waals surface area contributed by atoms with E-state index >= 15 is 0 Å². The minimum atomic E-state index is -3.69. The zero-order valence-corrected chi connectivity index (χ0v) is 20.2. The highest BCUT2D eigenvalue weighted by atomic mass is 35.5. The van der Waals surface area contributed by atoms with Crippen LogP contribution in [0.1, 0.15) is 19.8 Å². The molecule has 0 aliphatic carbocycles. The molecule has 0 radical (unpaired) electrons. The van der Waals surface area contributed by atoms with Crippen LogP contribution in [0.25, 0.3) is 10.2 Å². The van der Waals surface area contributed by atoms with Crippen LogP contribution in [0.5, 0.6) is 5.75 Å². The fourth-order valence-electron chi connectivity index (χ4n) is 3.78. The summed E-state index contributed by atoms with van der Waals surface area (Å²) in [6.45, 7) is 3.01. The summed E-state index contributed by atoms with van der Waals surface area (Å²) in [6, 6.07) is 11.9. The van der Waals surface area contributed by atoms with Gasteiger partial charge in [-0.05, 0) is 62.2 Å². The maximum atomic E-state index is 13.0. The molecule has 0 N–H and O–H groups in total. The second-order valence-corrected chi connectivity index (χ2v) is 11.0. The first-order valence-corrected chi connectivity index (χ1v) is 13.0. The summed E-state index contributed by atoms with van der Waals surface area (Å²) in [5.74, 6) is -0.00160. The van der Waals surface area contributed by atoms with Crippen molar-refractivity contribution in [3.8, 4) is 5.75 Å². The van der Waals surface area contributed by atoms with Gasteiger partial charge in [-0.1, -0.05) is 22.9 Å². The molecule has 0 bridgehead atoms. The monoisotopic (exact) mass is 493 g/mol. The van der Waals surface area contributed by atoms with Gasteiger partial charge in [0.1, 0.15) is 5.75 Å². The summed E-state index contributed by atoms with van der Waals surface area (Å²) in [5, 5.41) is 0.471. The van der Waals surface area contributed by atoms with Gasteiger partial charge in [0.05, 0.1) is 27.6 Å². The molecule has 4 rings (SSSR count). The Balaban J connectivity index is 1.57. The summed E-state index contributed by atoms with van der Waals surface area (Å²) in [5.41, 5.74) is 0.959. The Morgan fingerprint density at radius 3 is 2.72 bits per heavy atom. The highest BCUT2D eigenvalue weighted by Gasteiger charge is 2.33. The van der Waals surface area contributed by atoms with Gasteiger partial charge in [0.2, 0.25) is 10.0 Å². The number of nitrogens with zero attached hydrogens (tertiary/aromatic N) is 3. The molecule has 1 unspecified atom stereocenters. The number of fused-ring (bicyclic) bond motifs is 1. The zero-order chi connectivity index (χ0) is 22.9. The lowest BCUT2D eigenvalue weighted by Gasteiger charge is -2.30. The average Bonchev–Trinajstić information content (AvgIpc) is 3.09. The molecule has 1 fully saturated rings. The third-order valence-electron chi connectivity index (χ3n) is 5.48. The van der Waals surface area contributed by atoms with E-state index in [1.807, 2.05) is 36.7 Å². The van der Waals surface area contributed by atoms with Crippen molar-refractivity contribution in [1.29, 1.82) is 0 Å². The Hall–Kier alpha value is -2.20. The summed E-state index contributed by atoms with van der Waals surface area (Å²) in [7, 11) is -1.83. The van der Waals surface area contributed by atoms with Crippen LogP contribution < -0.4 is 9.54 Å². The Bertz CT molecular complexity index is 1310. The fourth-order valence-corrected chi connectivity index (χ4v) is 6.48. The number of aromatic nitrogens is 1. The Morgan fingerprint density at radius 1 is 1.25 bits per heavy atom. The van der Waals surface area contributed by atoms with Gasteiger partial charge in [-0.3, -0.25) is 4.79 Å². The molecule has 1 aromatic heterocycles. The van der Waals surface area contributed by atoms with E-state index in [1.54, 1.807) is 12.1 Å². The molecule has 7 nitrogen and oxygen atoms in total. The minimum Gasteiger partial charge on any atom is -0.494 e. The van der Waals surface area contributed by atoms with E-state index in [2.05, 4.69) is 4.99 Å². The Labute approximate surface area is 196 Å². The van der Waals surface area contributed by atoms with E-state index in [0.717, 1.165) is 16.0 Å². The van der Waals surface area contributed by atoms with E-state index in [0.29, 0.717) is 35.8 Å². The molecule has 170 valence electrons. The number of sulfonamides is 1. The van der Waals surface area contributed by atoms with Crippen molar-refractivity contribution in [2.24, 2.45) is 18.0 Å². The first-order chi connectivity index (χ1) is 15.3. The number of piperidine rings is 1. The third kappa shape index (κ3) is 4.61. The summed E-state index contributed by atoms with van der Waals surface area (Å²) >= 11 is 7.29. The van der Waals surface area contributed by atoms with Gasteiger partial charge in [-0.15, -0.1) is 0 Å². The van der Waals surface area contributed by atoms with Gasteiger partial charge < -0.3 is 9.30 Å². The van der Waals surface area contributed by atoms with Crippen molar-refractivity contribution in [2.75, 3.05) is 19.7 Å². The molecule has 32 heavy (non-hydrogen) atoms. The number of carbonyl (C=O) groups excluding carboxylic acids is 1. The van der Waals surface area contributed by atoms with Crippen LogP contribution >= 0.6 is 22.9 Å². The minimum absolute atomic E-state index is 0.121. The van der Waals surface area contributed by atoms with Crippen molar-refractivity contribution in [1.82, 2.24) is 8.87 Å². The largest absolute Gasteiger partial charge is 0.494 e. The van der Waals surface area contributed by atoms with Crippen LogP contribution in [-0.4, -0.2) is 42.9 Å². The number of thiazole rings is 1. The van der Waals surface area contributed by atoms with Crippen LogP contribution in [0.4, 0.5) is 0 Å². The maximum Gasteiger partial charge on any atom is 0.252 e. The lowest BCUT2D eigenvalue weighted by atomic mass is 9.99. The van der Waals surface area contributed by atoms with E-state index in [9.17, 15) is 13.2 Å². The average molecular weight is 494 g/mol.